The second-order valence-electron chi connectivity index (χ2n) is 7.03. The number of carbonyl (C=O) groups excluding carboxylic acids is 1. The number of benzene rings is 1. The Balaban J connectivity index is 2.10. The molecule has 1 aromatic rings. The van der Waals surface area contributed by atoms with Crippen molar-refractivity contribution in [2.24, 2.45) is 0 Å². The lowest BCUT2D eigenvalue weighted by molar-refractivity contribution is 0.0198. The van der Waals surface area contributed by atoms with E-state index in [9.17, 15) is 4.79 Å². The van der Waals surface area contributed by atoms with E-state index in [1.54, 1.807) is 4.90 Å². The molecule has 1 unspecified atom stereocenters. The fourth-order valence-corrected chi connectivity index (χ4v) is 2.87. The summed E-state index contributed by atoms with van der Waals surface area (Å²) in [5.41, 5.74) is 7.34. The summed E-state index contributed by atoms with van der Waals surface area (Å²) in [5.74, 6) is 1.05. The molecule has 1 atom stereocenters. The minimum Gasteiger partial charge on any atom is -0.494 e. The Hall–Kier alpha value is -1.91. The normalized spacial score (nSPS) is 18.6. The Morgan fingerprint density at radius 2 is 2.09 bits per heavy atom. The summed E-state index contributed by atoms with van der Waals surface area (Å²) in [7, 11) is 0. The zero-order valence-corrected chi connectivity index (χ0v) is 14.6. The van der Waals surface area contributed by atoms with Gasteiger partial charge in [0.25, 0.3) is 0 Å². The first-order valence-electron chi connectivity index (χ1n) is 8.29. The van der Waals surface area contributed by atoms with Crippen molar-refractivity contribution in [3.8, 4) is 5.75 Å². The molecular weight excluding hydrogens is 292 g/mol. The van der Waals surface area contributed by atoms with E-state index in [1.807, 2.05) is 45.9 Å². The van der Waals surface area contributed by atoms with E-state index in [2.05, 4.69) is 0 Å². The van der Waals surface area contributed by atoms with Gasteiger partial charge in [-0.05, 0) is 58.2 Å². The molecule has 1 amide bonds. The summed E-state index contributed by atoms with van der Waals surface area (Å²) in [6.07, 6.45) is 1.76. The summed E-state index contributed by atoms with van der Waals surface area (Å²) in [5, 5.41) is 0. The summed E-state index contributed by atoms with van der Waals surface area (Å²) < 4.78 is 11.1. The van der Waals surface area contributed by atoms with Crippen molar-refractivity contribution in [1.82, 2.24) is 4.90 Å². The third-order valence-electron chi connectivity index (χ3n) is 3.81. The van der Waals surface area contributed by atoms with Crippen LogP contribution in [0.2, 0.25) is 0 Å². The molecule has 1 fully saturated rings. The lowest BCUT2D eigenvalue weighted by atomic mass is 9.90. The van der Waals surface area contributed by atoms with Gasteiger partial charge in [-0.3, -0.25) is 0 Å². The van der Waals surface area contributed by atoms with Gasteiger partial charge in [0.1, 0.15) is 11.4 Å². The highest BCUT2D eigenvalue weighted by atomic mass is 16.6. The molecular formula is C18H28N2O3. The zero-order valence-electron chi connectivity index (χ0n) is 14.6. The first kappa shape index (κ1) is 17.4. The Morgan fingerprint density at radius 1 is 1.35 bits per heavy atom. The van der Waals surface area contributed by atoms with Gasteiger partial charge >= 0.3 is 6.09 Å². The highest BCUT2D eigenvalue weighted by Gasteiger charge is 2.28. The molecule has 0 saturated carbocycles. The van der Waals surface area contributed by atoms with Crippen molar-refractivity contribution in [2.45, 2.75) is 52.1 Å². The highest BCUT2D eigenvalue weighted by molar-refractivity contribution is 5.68. The van der Waals surface area contributed by atoms with Crippen LogP contribution in [0, 0.1) is 0 Å². The van der Waals surface area contributed by atoms with Gasteiger partial charge in [0.15, 0.2) is 0 Å². The molecule has 1 aliphatic rings. The zero-order chi connectivity index (χ0) is 17.0. The largest absolute Gasteiger partial charge is 0.494 e. The maximum absolute atomic E-state index is 12.3. The molecule has 128 valence electrons. The van der Waals surface area contributed by atoms with Crippen molar-refractivity contribution >= 4 is 11.8 Å². The molecule has 0 spiro atoms. The molecule has 0 radical (unpaired) electrons. The topological polar surface area (TPSA) is 64.8 Å². The standard InChI is InChI=1S/C18H28N2O3/c1-5-22-16-10-14(9-15(19)11-16)13-7-6-8-20(12-13)17(21)23-18(2,3)4/h9-11,13H,5-8,12,19H2,1-4H3. The minimum atomic E-state index is -0.469. The van der Waals surface area contributed by atoms with E-state index in [0.29, 0.717) is 18.8 Å². The van der Waals surface area contributed by atoms with Crippen LogP contribution in [-0.4, -0.2) is 36.3 Å². The SMILES string of the molecule is CCOc1cc(N)cc(C2CCCN(C(=O)OC(C)(C)C)C2)c1. The number of rotatable bonds is 3. The van der Waals surface area contributed by atoms with E-state index < -0.39 is 5.60 Å². The number of carbonyl (C=O) groups is 1. The van der Waals surface area contributed by atoms with Crippen molar-refractivity contribution in [2.75, 3.05) is 25.4 Å². The Kier molecular flexibility index (Phi) is 5.39. The number of anilines is 1. The fraction of sp³-hybridized carbons (Fsp3) is 0.611. The number of nitrogens with two attached hydrogens (primary N) is 1. The Bertz CT molecular complexity index is 552. The van der Waals surface area contributed by atoms with Gasteiger partial charge in [0.2, 0.25) is 0 Å². The lowest BCUT2D eigenvalue weighted by Gasteiger charge is -2.34. The first-order chi connectivity index (χ1) is 10.8. The third kappa shape index (κ3) is 5.05. The second kappa shape index (κ2) is 7.11. The van der Waals surface area contributed by atoms with Crippen molar-refractivity contribution in [3.05, 3.63) is 23.8 Å². The molecule has 2 rings (SSSR count). The number of nitrogen functional groups attached to an aromatic ring is 1. The van der Waals surface area contributed by atoms with E-state index in [0.717, 1.165) is 30.7 Å². The maximum Gasteiger partial charge on any atom is 0.410 e. The summed E-state index contributed by atoms with van der Waals surface area (Å²) in [6.45, 7) is 9.62. The van der Waals surface area contributed by atoms with Crippen LogP contribution in [0.5, 0.6) is 5.75 Å². The number of hydrogen-bond donors (Lipinski definition) is 1. The molecule has 0 aliphatic carbocycles. The monoisotopic (exact) mass is 320 g/mol. The van der Waals surface area contributed by atoms with Gasteiger partial charge in [-0.15, -0.1) is 0 Å². The quantitative estimate of drug-likeness (QED) is 0.861. The Labute approximate surface area is 138 Å². The van der Waals surface area contributed by atoms with Crippen LogP contribution in [-0.2, 0) is 4.74 Å². The molecule has 1 heterocycles. The van der Waals surface area contributed by atoms with Crippen molar-refractivity contribution in [3.63, 3.8) is 0 Å². The fourth-order valence-electron chi connectivity index (χ4n) is 2.87. The van der Waals surface area contributed by atoms with Gasteiger partial charge in [-0.1, -0.05) is 0 Å². The molecule has 1 saturated heterocycles. The van der Waals surface area contributed by atoms with Gasteiger partial charge < -0.3 is 20.1 Å². The van der Waals surface area contributed by atoms with E-state index in [-0.39, 0.29) is 12.0 Å². The number of piperidine rings is 1. The molecule has 5 nitrogen and oxygen atoms in total. The lowest BCUT2D eigenvalue weighted by Crippen LogP contribution is -2.42. The van der Waals surface area contributed by atoms with Crippen LogP contribution in [0.3, 0.4) is 0 Å². The van der Waals surface area contributed by atoms with Crippen LogP contribution >= 0.6 is 0 Å². The molecule has 5 heteroatoms. The molecule has 0 aromatic heterocycles. The van der Waals surface area contributed by atoms with Crippen molar-refractivity contribution in [1.29, 1.82) is 0 Å². The Morgan fingerprint density at radius 3 is 2.74 bits per heavy atom. The van der Waals surface area contributed by atoms with E-state index in [4.69, 9.17) is 15.2 Å². The number of hydrogen-bond acceptors (Lipinski definition) is 4. The molecule has 23 heavy (non-hydrogen) atoms. The van der Waals surface area contributed by atoms with Crippen LogP contribution in [0.15, 0.2) is 18.2 Å². The van der Waals surface area contributed by atoms with Gasteiger partial charge in [0, 0.05) is 30.8 Å². The van der Waals surface area contributed by atoms with Gasteiger partial charge in [-0.2, -0.15) is 0 Å². The molecule has 1 aromatic carbocycles. The smallest absolute Gasteiger partial charge is 0.410 e. The number of likely N-dealkylation sites (tertiary alicyclic amines) is 1. The molecule has 2 N–H and O–H groups in total. The number of ether oxygens (including phenoxy) is 2. The number of nitrogens with zero attached hydrogens (tertiary/aromatic N) is 1. The maximum atomic E-state index is 12.3. The highest BCUT2D eigenvalue weighted by Crippen LogP contribution is 2.31. The third-order valence-corrected chi connectivity index (χ3v) is 3.81. The van der Waals surface area contributed by atoms with Crippen molar-refractivity contribution < 1.29 is 14.3 Å². The van der Waals surface area contributed by atoms with Gasteiger partial charge in [0.05, 0.1) is 6.61 Å². The average Bonchev–Trinajstić information content (AvgIpc) is 2.45. The van der Waals surface area contributed by atoms with Crippen LogP contribution < -0.4 is 10.5 Å². The van der Waals surface area contributed by atoms with Crippen LogP contribution in [0.1, 0.15) is 52.0 Å². The minimum absolute atomic E-state index is 0.240. The predicted molar refractivity (Wildman–Crippen MR) is 91.8 cm³/mol. The predicted octanol–water partition coefficient (Wildman–Crippen LogP) is 3.78. The summed E-state index contributed by atoms with van der Waals surface area (Å²) in [6, 6.07) is 5.84. The van der Waals surface area contributed by atoms with E-state index in [1.165, 1.54) is 0 Å². The summed E-state index contributed by atoms with van der Waals surface area (Å²) in [4.78, 5) is 14.1. The van der Waals surface area contributed by atoms with E-state index >= 15 is 0 Å². The first-order valence-corrected chi connectivity index (χ1v) is 8.29. The average molecular weight is 320 g/mol. The number of amides is 1. The molecule has 1 aliphatic heterocycles. The van der Waals surface area contributed by atoms with Gasteiger partial charge in [-0.25, -0.2) is 4.79 Å². The second-order valence-corrected chi connectivity index (χ2v) is 7.03. The molecule has 0 bridgehead atoms. The van der Waals surface area contributed by atoms with Crippen LogP contribution in [0.25, 0.3) is 0 Å². The summed E-state index contributed by atoms with van der Waals surface area (Å²) >= 11 is 0. The van der Waals surface area contributed by atoms with Crippen LogP contribution in [0.4, 0.5) is 10.5 Å².